The fourth-order valence-corrected chi connectivity index (χ4v) is 3.92. The number of para-hydroxylation sites is 1. The molecule has 1 aromatic heterocycles. The number of nitrogens with zero attached hydrogens (tertiary/aromatic N) is 3. The van der Waals surface area contributed by atoms with Crippen LogP contribution in [0.1, 0.15) is 17.4 Å². The largest absolute Gasteiger partial charge is 0.378 e. The molecule has 0 bridgehead atoms. The van der Waals surface area contributed by atoms with Crippen LogP contribution in [0.5, 0.6) is 0 Å². The minimum atomic E-state index is 0.680. The van der Waals surface area contributed by atoms with Crippen LogP contribution in [-0.4, -0.2) is 57.3 Å². The van der Waals surface area contributed by atoms with E-state index in [0.717, 1.165) is 51.8 Å². The van der Waals surface area contributed by atoms with Crippen molar-refractivity contribution in [3.8, 4) is 0 Å². The number of hydrogen-bond donors (Lipinski definition) is 1. The molecule has 0 radical (unpaired) electrons. The molecule has 0 amide bonds. The first kappa shape index (κ1) is 19.7. The number of guanidine groups is 1. The van der Waals surface area contributed by atoms with Crippen molar-refractivity contribution in [3.63, 3.8) is 0 Å². The quantitative estimate of drug-likeness (QED) is 0.586. The van der Waals surface area contributed by atoms with Crippen LogP contribution >= 0.6 is 11.3 Å². The number of nitrogens with one attached hydrogen (secondary N) is 1. The Balaban J connectivity index is 1.67. The predicted octanol–water partition coefficient (Wildman–Crippen LogP) is 3.22. The summed E-state index contributed by atoms with van der Waals surface area (Å²) in [5.74, 6) is 0.964. The summed E-state index contributed by atoms with van der Waals surface area (Å²) in [5, 5.41) is 5.56. The van der Waals surface area contributed by atoms with Gasteiger partial charge >= 0.3 is 0 Å². The van der Waals surface area contributed by atoms with Crippen LogP contribution in [0, 0.1) is 0 Å². The first-order valence-corrected chi connectivity index (χ1v) is 10.6. The lowest BCUT2D eigenvalue weighted by atomic mass is 10.1. The van der Waals surface area contributed by atoms with Crippen molar-refractivity contribution in [2.24, 2.45) is 4.99 Å². The lowest BCUT2D eigenvalue weighted by Crippen LogP contribution is -2.40. The van der Waals surface area contributed by atoms with Gasteiger partial charge in [0.05, 0.1) is 19.8 Å². The zero-order chi connectivity index (χ0) is 18.9. The van der Waals surface area contributed by atoms with Crippen LogP contribution in [0.15, 0.2) is 46.8 Å². The maximum absolute atomic E-state index is 5.50. The molecule has 2 aromatic rings. The van der Waals surface area contributed by atoms with Crippen LogP contribution in [0.25, 0.3) is 0 Å². The Bertz CT molecular complexity index is 711. The average Bonchev–Trinajstić information content (AvgIpc) is 3.24. The van der Waals surface area contributed by atoms with Crippen molar-refractivity contribution in [3.05, 3.63) is 52.2 Å². The van der Waals surface area contributed by atoms with Gasteiger partial charge in [-0.1, -0.05) is 24.3 Å². The molecule has 1 N–H and O–H groups in total. The van der Waals surface area contributed by atoms with E-state index in [-0.39, 0.29) is 0 Å². The third-order valence-electron chi connectivity index (χ3n) is 4.71. The predicted molar refractivity (Wildman–Crippen MR) is 115 cm³/mol. The first-order valence-electron chi connectivity index (χ1n) is 9.70. The Labute approximate surface area is 166 Å². The van der Waals surface area contributed by atoms with Gasteiger partial charge in [-0.2, -0.15) is 0 Å². The number of aliphatic imine (C=N–C) groups is 1. The van der Waals surface area contributed by atoms with E-state index in [4.69, 9.17) is 9.73 Å². The molecule has 0 saturated carbocycles. The molecule has 0 spiro atoms. The first-order chi connectivity index (χ1) is 13.3. The SMILES string of the molecule is CCNC(=NCc1ccccc1N1CCOCC1)N(C)CCc1cccs1. The van der Waals surface area contributed by atoms with E-state index in [9.17, 15) is 0 Å². The molecule has 1 fully saturated rings. The third kappa shape index (κ3) is 5.71. The molecule has 1 aromatic carbocycles. The molecule has 2 heterocycles. The van der Waals surface area contributed by atoms with Crippen molar-refractivity contribution >= 4 is 23.0 Å². The summed E-state index contributed by atoms with van der Waals surface area (Å²) in [5.41, 5.74) is 2.54. The van der Waals surface area contributed by atoms with Crippen molar-refractivity contribution in [1.29, 1.82) is 0 Å². The second kappa shape index (κ2) is 10.3. The molecule has 5 nitrogen and oxygen atoms in total. The zero-order valence-electron chi connectivity index (χ0n) is 16.4. The number of likely N-dealkylation sites (N-methyl/N-ethyl adjacent to an activating group) is 1. The molecule has 6 heteroatoms. The van der Waals surface area contributed by atoms with Gasteiger partial charge in [-0.05, 0) is 36.4 Å². The van der Waals surface area contributed by atoms with E-state index in [1.807, 2.05) is 11.3 Å². The highest BCUT2D eigenvalue weighted by molar-refractivity contribution is 7.09. The number of rotatable bonds is 7. The molecular formula is C21H30N4OS. The molecule has 1 aliphatic rings. The second-order valence-electron chi connectivity index (χ2n) is 6.65. The van der Waals surface area contributed by atoms with Gasteiger partial charge in [-0.25, -0.2) is 4.99 Å². The molecule has 27 heavy (non-hydrogen) atoms. The summed E-state index contributed by atoms with van der Waals surface area (Å²) in [6.07, 6.45) is 1.04. The number of anilines is 1. The number of ether oxygens (including phenoxy) is 1. The highest BCUT2D eigenvalue weighted by Gasteiger charge is 2.14. The Morgan fingerprint density at radius 3 is 2.78 bits per heavy atom. The minimum Gasteiger partial charge on any atom is -0.378 e. The number of morpholine rings is 1. The van der Waals surface area contributed by atoms with E-state index >= 15 is 0 Å². The van der Waals surface area contributed by atoms with Gasteiger partial charge in [-0.3, -0.25) is 0 Å². The monoisotopic (exact) mass is 386 g/mol. The maximum atomic E-state index is 5.50. The fourth-order valence-electron chi connectivity index (χ4n) is 3.23. The van der Waals surface area contributed by atoms with Crippen LogP contribution in [0.3, 0.4) is 0 Å². The molecular weight excluding hydrogens is 356 g/mol. The van der Waals surface area contributed by atoms with E-state index < -0.39 is 0 Å². The lowest BCUT2D eigenvalue weighted by molar-refractivity contribution is 0.122. The average molecular weight is 387 g/mol. The van der Waals surface area contributed by atoms with Crippen molar-refractivity contribution in [1.82, 2.24) is 10.2 Å². The molecule has 146 valence electrons. The van der Waals surface area contributed by atoms with Crippen LogP contribution < -0.4 is 10.2 Å². The van der Waals surface area contributed by atoms with Crippen molar-refractivity contribution in [2.75, 3.05) is 51.3 Å². The molecule has 0 aliphatic carbocycles. The molecule has 0 unspecified atom stereocenters. The summed E-state index contributed by atoms with van der Waals surface area (Å²) in [6.45, 7) is 8.11. The van der Waals surface area contributed by atoms with Gasteiger partial charge in [0.2, 0.25) is 0 Å². The molecule has 1 saturated heterocycles. The molecule has 3 rings (SSSR count). The van der Waals surface area contributed by atoms with Gasteiger partial charge in [0.1, 0.15) is 0 Å². The van der Waals surface area contributed by atoms with E-state index in [1.54, 1.807) is 0 Å². The van der Waals surface area contributed by atoms with E-state index in [2.05, 4.69) is 70.9 Å². The highest BCUT2D eigenvalue weighted by atomic mass is 32.1. The Morgan fingerprint density at radius 2 is 2.04 bits per heavy atom. The number of benzene rings is 1. The van der Waals surface area contributed by atoms with Crippen molar-refractivity contribution in [2.45, 2.75) is 19.9 Å². The zero-order valence-corrected chi connectivity index (χ0v) is 17.2. The Kier molecular flexibility index (Phi) is 7.54. The molecule has 1 aliphatic heterocycles. The minimum absolute atomic E-state index is 0.680. The van der Waals surface area contributed by atoms with Gasteiger partial charge in [0.15, 0.2) is 5.96 Å². The summed E-state index contributed by atoms with van der Waals surface area (Å²) in [7, 11) is 2.11. The summed E-state index contributed by atoms with van der Waals surface area (Å²) >= 11 is 1.82. The normalized spacial score (nSPS) is 15.0. The van der Waals surface area contributed by atoms with Gasteiger partial charge in [0.25, 0.3) is 0 Å². The topological polar surface area (TPSA) is 40.1 Å². The summed E-state index contributed by atoms with van der Waals surface area (Å²) in [6, 6.07) is 12.9. The van der Waals surface area contributed by atoms with Crippen LogP contribution in [-0.2, 0) is 17.7 Å². The summed E-state index contributed by atoms with van der Waals surface area (Å²) in [4.78, 5) is 11.0. The van der Waals surface area contributed by atoms with Crippen molar-refractivity contribution < 1.29 is 4.74 Å². The third-order valence-corrected chi connectivity index (χ3v) is 5.65. The highest BCUT2D eigenvalue weighted by Crippen LogP contribution is 2.22. The van der Waals surface area contributed by atoms with E-state index in [1.165, 1.54) is 16.1 Å². The van der Waals surface area contributed by atoms with Gasteiger partial charge < -0.3 is 19.9 Å². The Hall–Kier alpha value is -2.05. The lowest BCUT2D eigenvalue weighted by Gasteiger charge is -2.30. The van der Waals surface area contributed by atoms with Crippen LogP contribution in [0.4, 0.5) is 5.69 Å². The van der Waals surface area contributed by atoms with E-state index in [0.29, 0.717) is 6.54 Å². The number of hydrogen-bond acceptors (Lipinski definition) is 4. The standard InChI is InChI=1S/C21H30N4OS/c1-3-22-21(24(2)11-10-19-8-6-16-27-19)23-17-18-7-4-5-9-20(18)25-12-14-26-15-13-25/h4-9,16H,3,10-15,17H2,1-2H3,(H,22,23). The summed E-state index contributed by atoms with van der Waals surface area (Å²) < 4.78 is 5.50. The fraction of sp³-hybridized carbons (Fsp3) is 0.476. The molecule has 0 atom stereocenters. The van der Waals surface area contributed by atoms with Gasteiger partial charge in [0, 0.05) is 43.8 Å². The second-order valence-corrected chi connectivity index (χ2v) is 7.68. The Morgan fingerprint density at radius 1 is 1.22 bits per heavy atom. The van der Waals surface area contributed by atoms with Crippen LogP contribution in [0.2, 0.25) is 0 Å². The number of thiophene rings is 1. The smallest absolute Gasteiger partial charge is 0.193 e. The maximum Gasteiger partial charge on any atom is 0.193 e. The van der Waals surface area contributed by atoms with Gasteiger partial charge in [-0.15, -0.1) is 11.3 Å².